The number of aromatic hydroxyl groups is 1. The molecule has 1 aromatic heterocycles. The van der Waals surface area contributed by atoms with Gasteiger partial charge >= 0.3 is 0 Å². The van der Waals surface area contributed by atoms with Gasteiger partial charge in [0.1, 0.15) is 23.0 Å². The first-order valence-electron chi connectivity index (χ1n) is 5.89. The lowest BCUT2D eigenvalue weighted by Gasteiger charge is -2.05. The average molecular weight is 262 g/mol. The summed E-state index contributed by atoms with van der Waals surface area (Å²) < 4.78 is 5.50. The van der Waals surface area contributed by atoms with E-state index in [0.29, 0.717) is 18.0 Å². The second-order valence-corrected chi connectivity index (χ2v) is 4.03. The molecule has 0 aliphatic rings. The highest BCUT2D eigenvalue weighted by Gasteiger charge is 2.14. The summed E-state index contributed by atoms with van der Waals surface area (Å²) in [5.41, 5.74) is 0.180. The van der Waals surface area contributed by atoms with Gasteiger partial charge in [0.05, 0.1) is 17.5 Å². The van der Waals surface area contributed by atoms with Crippen LogP contribution in [0.5, 0.6) is 5.75 Å². The Morgan fingerprint density at radius 1 is 1.32 bits per heavy atom. The Morgan fingerprint density at radius 2 is 2.05 bits per heavy atom. The number of phenols is 1. The fourth-order valence-electron chi connectivity index (χ4n) is 1.71. The molecule has 0 fully saturated rings. The Labute approximate surface area is 109 Å². The van der Waals surface area contributed by atoms with Crippen LogP contribution < -0.4 is 5.32 Å². The largest absolute Gasteiger partial charge is 0.508 e. The molecule has 2 rings (SSSR count). The molecule has 0 saturated heterocycles. The van der Waals surface area contributed by atoms with Crippen LogP contribution in [0.2, 0.25) is 0 Å². The van der Waals surface area contributed by atoms with E-state index in [1.165, 1.54) is 12.1 Å². The number of anilines is 1. The topological polar surface area (TPSA) is 88.5 Å². The van der Waals surface area contributed by atoms with Gasteiger partial charge in [-0.15, -0.1) is 0 Å². The normalized spacial score (nSPS) is 10.4. The summed E-state index contributed by atoms with van der Waals surface area (Å²) in [5.74, 6) is 1.44. The fraction of sp³-hybridized carbons (Fsp3) is 0.231. The van der Waals surface area contributed by atoms with Crippen molar-refractivity contribution < 1.29 is 14.4 Å². The minimum absolute atomic E-state index is 0.136. The van der Waals surface area contributed by atoms with E-state index in [1.807, 2.05) is 19.1 Å². The number of aryl methyl sites for hydroxylation is 1. The minimum atomic E-state index is -0.540. The zero-order chi connectivity index (χ0) is 13.8. The third kappa shape index (κ3) is 3.04. The molecule has 0 amide bonds. The molecule has 100 valence electrons. The molecule has 0 unspecified atom stereocenters. The lowest BCUT2D eigenvalue weighted by molar-refractivity contribution is -0.384. The Morgan fingerprint density at radius 3 is 2.68 bits per heavy atom. The molecule has 6 nitrogen and oxygen atoms in total. The van der Waals surface area contributed by atoms with Gasteiger partial charge in [-0.2, -0.15) is 0 Å². The summed E-state index contributed by atoms with van der Waals surface area (Å²) in [7, 11) is 0. The summed E-state index contributed by atoms with van der Waals surface area (Å²) >= 11 is 0. The molecular weight excluding hydrogens is 248 g/mol. The Kier molecular flexibility index (Phi) is 3.70. The van der Waals surface area contributed by atoms with Crippen LogP contribution in [0.1, 0.15) is 18.4 Å². The van der Waals surface area contributed by atoms with Crippen LogP contribution in [0.4, 0.5) is 11.4 Å². The highest BCUT2D eigenvalue weighted by molar-refractivity contribution is 5.63. The van der Waals surface area contributed by atoms with E-state index in [1.54, 1.807) is 0 Å². The number of furan rings is 1. The van der Waals surface area contributed by atoms with E-state index in [4.69, 9.17) is 4.42 Å². The number of nitro groups is 1. The summed E-state index contributed by atoms with van der Waals surface area (Å²) in [4.78, 5) is 10.3. The maximum Gasteiger partial charge on any atom is 0.296 e. The van der Waals surface area contributed by atoms with Crippen molar-refractivity contribution in [2.45, 2.75) is 19.9 Å². The van der Waals surface area contributed by atoms with E-state index in [2.05, 4.69) is 5.32 Å². The Bertz CT molecular complexity index is 592. The number of hydrogen-bond acceptors (Lipinski definition) is 5. The third-order valence-corrected chi connectivity index (χ3v) is 2.70. The first-order valence-corrected chi connectivity index (χ1v) is 5.89. The number of rotatable bonds is 5. The van der Waals surface area contributed by atoms with Gasteiger partial charge in [-0.05, 0) is 24.3 Å². The molecule has 0 saturated carbocycles. The highest BCUT2D eigenvalue weighted by atomic mass is 16.6. The number of hydrogen-bond donors (Lipinski definition) is 2. The molecular formula is C13H14N2O4. The van der Waals surface area contributed by atoms with Crippen molar-refractivity contribution in [3.8, 4) is 5.75 Å². The van der Waals surface area contributed by atoms with Gasteiger partial charge in [0, 0.05) is 6.42 Å². The molecule has 0 atom stereocenters. The van der Waals surface area contributed by atoms with Gasteiger partial charge in [0.2, 0.25) is 0 Å². The van der Waals surface area contributed by atoms with Gasteiger partial charge in [0.25, 0.3) is 5.69 Å². The van der Waals surface area contributed by atoms with Crippen molar-refractivity contribution >= 4 is 11.4 Å². The summed E-state index contributed by atoms with van der Waals surface area (Å²) in [6, 6.07) is 7.69. The number of nitro benzene ring substituents is 1. The van der Waals surface area contributed by atoms with Crippen LogP contribution in [-0.4, -0.2) is 10.0 Å². The number of nitrogens with zero attached hydrogens (tertiary/aromatic N) is 1. The van der Waals surface area contributed by atoms with Crippen LogP contribution in [0.15, 0.2) is 34.7 Å². The molecule has 1 aromatic carbocycles. The maximum absolute atomic E-state index is 10.9. The predicted molar refractivity (Wildman–Crippen MR) is 70.2 cm³/mol. The summed E-state index contributed by atoms with van der Waals surface area (Å²) in [5, 5.41) is 23.1. The number of benzene rings is 1. The van der Waals surface area contributed by atoms with Crippen LogP contribution in [0.25, 0.3) is 0 Å². The van der Waals surface area contributed by atoms with Gasteiger partial charge in [-0.25, -0.2) is 0 Å². The van der Waals surface area contributed by atoms with Gasteiger partial charge < -0.3 is 14.8 Å². The van der Waals surface area contributed by atoms with E-state index >= 15 is 0 Å². The average Bonchev–Trinajstić information content (AvgIpc) is 2.85. The number of nitrogens with one attached hydrogen (secondary N) is 1. The molecule has 0 radical (unpaired) electrons. The van der Waals surface area contributed by atoms with Gasteiger partial charge in [0.15, 0.2) is 0 Å². The highest BCUT2D eigenvalue weighted by Crippen LogP contribution is 2.28. The van der Waals surface area contributed by atoms with Crippen molar-refractivity contribution in [2.75, 3.05) is 5.32 Å². The molecule has 1 heterocycles. The predicted octanol–water partition coefficient (Wildman–Crippen LogP) is 3.07. The van der Waals surface area contributed by atoms with Crippen molar-refractivity contribution in [3.05, 3.63) is 52.0 Å². The van der Waals surface area contributed by atoms with Crippen molar-refractivity contribution in [3.63, 3.8) is 0 Å². The van der Waals surface area contributed by atoms with Crippen LogP contribution in [0.3, 0.4) is 0 Å². The van der Waals surface area contributed by atoms with E-state index in [0.717, 1.165) is 18.2 Å². The quantitative estimate of drug-likeness (QED) is 0.491. The molecule has 19 heavy (non-hydrogen) atoms. The zero-order valence-corrected chi connectivity index (χ0v) is 10.4. The Hall–Kier alpha value is -2.50. The molecule has 0 spiro atoms. The van der Waals surface area contributed by atoms with Crippen molar-refractivity contribution in [1.82, 2.24) is 0 Å². The molecule has 0 aliphatic carbocycles. The van der Waals surface area contributed by atoms with Crippen molar-refractivity contribution in [2.24, 2.45) is 0 Å². The lowest BCUT2D eigenvalue weighted by Crippen LogP contribution is -2.01. The monoisotopic (exact) mass is 262 g/mol. The molecule has 6 heteroatoms. The molecule has 2 N–H and O–H groups in total. The molecule has 0 bridgehead atoms. The zero-order valence-electron chi connectivity index (χ0n) is 10.4. The summed E-state index contributed by atoms with van der Waals surface area (Å²) in [6.07, 6.45) is 0.805. The summed E-state index contributed by atoms with van der Waals surface area (Å²) in [6.45, 7) is 2.34. The first-order chi connectivity index (χ1) is 9.10. The lowest BCUT2D eigenvalue weighted by atomic mass is 10.2. The second kappa shape index (κ2) is 5.43. The van der Waals surface area contributed by atoms with E-state index in [-0.39, 0.29) is 11.4 Å². The molecule has 0 aliphatic heterocycles. The van der Waals surface area contributed by atoms with Crippen LogP contribution in [-0.2, 0) is 13.0 Å². The maximum atomic E-state index is 10.9. The first kappa shape index (κ1) is 12.9. The van der Waals surface area contributed by atoms with E-state index in [9.17, 15) is 15.2 Å². The standard InChI is InChI=1S/C13H14N2O4/c1-2-10-4-5-11(19-10)8-14-12-6-3-9(16)7-13(12)15(17)18/h3-7,14,16H,2,8H2,1H3. The fourth-order valence-corrected chi connectivity index (χ4v) is 1.71. The third-order valence-electron chi connectivity index (χ3n) is 2.70. The SMILES string of the molecule is CCc1ccc(CNc2ccc(O)cc2[N+](=O)[O-])o1. The van der Waals surface area contributed by atoms with E-state index < -0.39 is 4.92 Å². The van der Waals surface area contributed by atoms with Crippen LogP contribution >= 0.6 is 0 Å². The second-order valence-electron chi connectivity index (χ2n) is 4.03. The van der Waals surface area contributed by atoms with Crippen molar-refractivity contribution in [1.29, 1.82) is 0 Å². The van der Waals surface area contributed by atoms with Crippen LogP contribution in [0, 0.1) is 10.1 Å². The Balaban J connectivity index is 2.12. The smallest absolute Gasteiger partial charge is 0.296 e. The van der Waals surface area contributed by atoms with Gasteiger partial charge in [-0.1, -0.05) is 6.92 Å². The van der Waals surface area contributed by atoms with Gasteiger partial charge in [-0.3, -0.25) is 10.1 Å². The molecule has 2 aromatic rings. The number of phenolic OH excluding ortho intramolecular Hbond substituents is 1. The minimum Gasteiger partial charge on any atom is -0.508 e.